The van der Waals surface area contributed by atoms with E-state index < -0.39 is 10.8 Å². The van der Waals surface area contributed by atoms with E-state index >= 15 is 0 Å². The molecule has 5 rings (SSSR count). The standard InChI is InChI=1S/C24H28N2O6/c1-31-19-11-15(9-17(27)13-19)25-21(29)23-3-6-24(7-4-23,8-5-23)22(30)26-16-10-18(28)14-20(12-16)32-2/h9-14,27-28H,3-8H2,1-2H3,(H,25,29)(H,26,30). The van der Waals surface area contributed by atoms with E-state index in [2.05, 4.69) is 10.6 Å². The Kier molecular flexibility index (Phi) is 5.62. The molecule has 2 amide bonds. The highest BCUT2D eigenvalue weighted by molar-refractivity contribution is 5.99. The van der Waals surface area contributed by atoms with Crippen molar-refractivity contribution in [2.75, 3.05) is 24.9 Å². The molecule has 8 heteroatoms. The third-order valence-corrected chi connectivity index (χ3v) is 6.98. The number of aromatic hydroxyl groups is 2. The fraction of sp³-hybridized carbons (Fsp3) is 0.417. The average molecular weight is 440 g/mol. The van der Waals surface area contributed by atoms with E-state index in [0.717, 1.165) is 0 Å². The summed E-state index contributed by atoms with van der Waals surface area (Å²) in [6.07, 6.45) is 3.70. The van der Waals surface area contributed by atoms with Gasteiger partial charge in [0.1, 0.15) is 23.0 Å². The van der Waals surface area contributed by atoms with Crippen molar-refractivity contribution in [1.82, 2.24) is 0 Å². The number of anilines is 2. The molecule has 32 heavy (non-hydrogen) atoms. The molecule has 8 nitrogen and oxygen atoms in total. The number of phenolic OH excluding ortho intramolecular Hbond substituents is 2. The maximum atomic E-state index is 13.2. The number of rotatable bonds is 6. The number of methoxy groups -OCH3 is 2. The lowest BCUT2D eigenvalue weighted by atomic mass is 9.53. The summed E-state index contributed by atoms with van der Waals surface area (Å²) < 4.78 is 10.3. The van der Waals surface area contributed by atoms with Crippen molar-refractivity contribution >= 4 is 23.2 Å². The second-order valence-corrected chi connectivity index (χ2v) is 8.81. The summed E-state index contributed by atoms with van der Waals surface area (Å²) in [5, 5.41) is 25.5. The zero-order valence-electron chi connectivity index (χ0n) is 18.2. The van der Waals surface area contributed by atoms with Crippen molar-refractivity contribution in [1.29, 1.82) is 0 Å². The summed E-state index contributed by atoms with van der Waals surface area (Å²) in [6.45, 7) is 0. The highest BCUT2D eigenvalue weighted by Crippen LogP contribution is 2.57. The second-order valence-electron chi connectivity index (χ2n) is 8.81. The molecule has 2 bridgehead atoms. The Labute approximate surface area is 186 Å². The van der Waals surface area contributed by atoms with Gasteiger partial charge in [0.25, 0.3) is 0 Å². The van der Waals surface area contributed by atoms with Crippen molar-refractivity contribution < 1.29 is 29.3 Å². The smallest absolute Gasteiger partial charge is 0.230 e. The Bertz CT molecular complexity index is 943. The van der Waals surface area contributed by atoms with Crippen LogP contribution in [0.3, 0.4) is 0 Å². The molecule has 2 aromatic rings. The van der Waals surface area contributed by atoms with Gasteiger partial charge in [0, 0.05) is 58.6 Å². The second kappa shape index (κ2) is 8.26. The van der Waals surface area contributed by atoms with E-state index in [9.17, 15) is 19.8 Å². The molecule has 2 aromatic carbocycles. The number of amides is 2. The van der Waals surface area contributed by atoms with Crippen LogP contribution in [-0.2, 0) is 9.59 Å². The molecular weight excluding hydrogens is 412 g/mol. The van der Waals surface area contributed by atoms with Gasteiger partial charge < -0.3 is 30.3 Å². The van der Waals surface area contributed by atoms with E-state index in [0.29, 0.717) is 61.4 Å². The molecule has 0 radical (unpaired) electrons. The highest BCUT2D eigenvalue weighted by Gasteiger charge is 2.55. The highest BCUT2D eigenvalue weighted by atomic mass is 16.5. The zero-order valence-corrected chi connectivity index (χ0v) is 18.2. The Hall–Kier alpha value is -3.42. The number of hydrogen-bond acceptors (Lipinski definition) is 6. The minimum Gasteiger partial charge on any atom is -0.508 e. The number of carbonyl (C=O) groups is 2. The minimum atomic E-state index is -0.519. The quantitative estimate of drug-likeness (QED) is 0.539. The van der Waals surface area contributed by atoms with Gasteiger partial charge in [-0.3, -0.25) is 9.59 Å². The first-order valence-corrected chi connectivity index (χ1v) is 10.7. The molecule has 3 aliphatic rings. The molecule has 0 atom stereocenters. The largest absolute Gasteiger partial charge is 0.508 e. The van der Waals surface area contributed by atoms with Crippen LogP contribution < -0.4 is 20.1 Å². The molecule has 3 fully saturated rings. The molecule has 3 aliphatic carbocycles. The summed E-state index contributed by atoms with van der Waals surface area (Å²) in [5.74, 6) is 0.786. The Morgan fingerprint density at radius 3 is 1.34 bits per heavy atom. The number of hydrogen-bond donors (Lipinski definition) is 4. The third kappa shape index (κ3) is 4.04. The summed E-state index contributed by atoms with van der Waals surface area (Å²) in [7, 11) is 3.00. The zero-order chi connectivity index (χ0) is 22.9. The Morgan fingerprint density at radius 1 is 0.688 bits per heavy atom. The molecule has 0 unspecified atom stereocenters. The van der Waals surface area contributed by atoms with E-state index in [1.54, 1.807) is 12.1 Å². The average Bonchev–Trinajstić information content (AvgIpc) is 2.79. The van der Waals surface area contributed by atoms with Crippen LogP contribution in [0.2, 0.25) is 0 Å². The molecule has 4 N–H and O–H groups in total. The van der Waals surface area contributed by atoms with Crippen molar-refractivity contribution in [2.45, 2.75) is 38.5 Å². The van der Waals surface area contributed by atoms with E-state index in [4.69, 9.17) is 9.47 Å². The van der Waals surface area contributed by atoms with E-state index in [1.165, 1.54) is 38.5 Å². The molecule has 0 saturated heterocycles. The van der Waals surface area contributed by atoms with E-state index in [-0.39, 0.29) is 23.3 Å². The van der Waals surface area contributed by atoms with Gasteiger partial charge in [-0.05, 0) is 38.5 Å². The fourth-order valence-electron chi connectivity index (χ4n) is 4.94. The van der Waals surface area contributed by atoms with Crippen LogP contribution in [0, 0.1) is 10.8 Å². The van der Waals surface area contributed by atoms with Crippen molar-refractivity contribution in [3.63, 3.8) is 0 Å². The summed E-state index contributed by atoms with van der Waals surface area (Å²) in [4.78, 5) is 26.3. The van der Waals surface area contributed by atoms with Crippen LogP contribution in [0.15, 0.2) is 36.4 Å². The van der Waals surface area contributed by atoms with Gasteiger partial charge in [-0.2, -0.15) is 0 Å². The lowest BCUT2D eigenvalue weighted by molar-refractivity contribution is -0.144. The van der Waals surface area contributed by atoms with Gasteiger partial charge >= 0.3 is 0 Å². The summed E-state index contributed by atoms with van der Waals surface area (Å²) in [5.41, 5.74) is -0.0670. The number of carbonyl (C=O) groups excluding carboxylic acids is 2. The van der Waals surface area contributed by atoms with Crippen LogP contribution in [0.5, 0.6) is 23.0 Å². The predicted octanol–water partition coefficient (Wildman–Crippen LogP) is 4.03. The minimum absolute atomic E-state index is 0.0173. The molecule has 3 saturated carbocycles. The number of benzene rings is 2. The first-order valence-electron chi connectivity index (χ1n) is 10.7. The lowest BCUT2D eigenvalue weighted by Gasteiger charge is -2.51. The monoisotopic (exact) mass is 440 g/mol. The maximum Gasteiger partial charge on any atom is 0.230 e. The van der Waals surface area contributed by atoms with Crippen molar-refractivity contribution in [3.8, 4) is 23.0 Å². The molecule has 0 aromatic heterocycles. The van der Waals surface area contributed by atoms with Gasteiger partial charge in [-0.25, -0.2) is 0 Å². The number of phenols is 2. The summed E-state index contributed by atoms with van der Waals surface area (Å²) >= 11 is 0. The molecular formula is C24H28N2O6. The first-order chi connectivity index (χ1) is 15.3. The maximum absolute atomic E-state index is 13.2. The van der Waals surface area contributed by atoms with Crippen LogP contribution in [0.25, 0.3) is 0 Å². The van der Waals surface area contributed by atoms with Crippen LogP contribution in [-0.4, -0.2) is 36.2 Å². The van der Waals surface area contributed by atoms with Crippen molar-refractivity contribution in [3.05, 3.63) is 36.4 Å². The molecule has 0 heterocycles. The van der Waals surface area contributed by atoms with E-state index in [1.807, 2.05) is 0 Å². The Morgan fingerprint density at radius 2 is 1.03 bits per heavy atom. The predicted molar refractivity (Wildman–Crippen MR) is 119 cm³/mol. The van der Waals surface area contributed by atoms with Crippen LogP contribution >= 0.6 is 0 Å². The Balaban J connectivity index is 1.43. The summed E-state index contributed by atoms with van der Waals surface area (Å²) in [6, 6.07) is 9.27. The fourth-order valence-corrected chi connectivity index (χ4v) is 4.94. The first kappa shape index (κ1) is 21.8. The normalized spacial score (nSPS) is 23.9. The van der Waals surface area contributed by atoms with Gasteiger partial charge in [-0.1, -0.05) is 0 Å². The number of nitrogens with one attached hydrogen (secondary N) is 2. The van der Waals surface area contributed by atoms with Crippen LogP contribution in [0.1, 0.15) is 38.5 Å². The molecule has 170 valence electrons. The molecule has 0 spiro atoms. The van der Waals surface area contributed by atoms with Gasteiger partial charge in [-0.15, -0.1) is 0 Å². The SMILES string of the molecule is COc1cc(O)cc(NC(=O)C23CCC(C(=O)Nc4cc(O)cc(OC)c4)(CC2)CC3)c1. The number of ether oxygens (including phenoxy) is 2. The van der Waals surface area contributed by atoms with Gasteiger partial charge in [0.2, 0.25) is 11.8 Å². The topological polar surface area (TPSA) is 117 Å². The molecule has 0 aliphatic heterocycles. The number of fused-ring (bicyclic) bond motifs is 3. The van der Waals surface area contributed by atoms with Gasteiger partial charge in [0.05, 0.1) is 14.2 Å². The van der Waals surface area contributed by atoms with Crippen LogP contribution in [0.4, 0.5) is 11.4 Å². The lowest BCUT2D eigenvalue weighted by Crippen LogP contribution is -2.52. The third-order valence-electron chi connectivity index (χ3n) is 6.98. The van der Waals surface area contributed by atoms with Gasteiger partial charge in [0.15, 0.2) is 0 Å². The van der Waals surface area contributed by atoms with Crippen molar-refractivity contribution in [2.24, 2.45) is 10.8 Å².